The summed E-state index contributed by atoms with van der Waals surface area (Å²) in [5.41, 5.74) is 8.73. The fraction of sp³-hybridized carbons (Fsp3) is 0.308. The van der Waals surface area contributed by atoms with E-state index in [-0.39, 0.29) is 11.9 Å². The van der Waals surface area contributed by atoms with Crippen LogP contribution in [-0.2, 0) is 4.79 Å². The topological polar surface area (TPSA) is 58.4 Å². The summed E-state index contributed by atoms with van der Waals surface area (Å²) in [6, 6.07) is -0.174. The van der Waals surface area contributed by atoms with Crippen LogP contribution in [0, 0.1) is 0 Å². The van der Waals surface area contributed by atoms with E-state index in [1.807, 2.05) is 23.3 Å². The van der Waals surface area contributed by atoms with Crippen LogP contribution in [0.25, 0.3) is 0 Å². The molecule has 0 aromatic carbocycles. The molecule has 0 aromatic heterocycles. The van der Waals surface area contributed by atoms with Gasteiger partial charge in [0.2, 0.25) is 5.91 Å². The van der Waals surface area contributed by atoms with Crippen molar-refractivity contribution in [2.75, 3.05) is 6.54 Å². The van der Waals surface area contributed by atoms with E-state index in [4.69, 9.17) is 30.2 Å². The Balaban J connectivity index is 1.85. The molecule has 3 aliphatic rings. The lowest BCUT2D eigenvalue weighted by Gasteiger charge is -2.30. The number of carbonyl (C=O) groups excluding carboxylic acids is 1. The molecule has 98 valence electrons. The molecule has 1 fully saturated rings. The predicted molar refractivity (Wildman–Crippen MR) is 81.5 cm³/mol. The van der Waals surface area contributed by atoms with Gasteiger partial charge in [-0.3, -0.25) is 4.79 Å². The van der Waals surface area contributed by atoms with Crippen LogP contribution < -0.4 is 11.1 Å². The molecule has 0 bridgehead atoms. The molecule has 1 aliphatic carbocycles. The Morgan fingerprint density at radius 1 is 1.37 bits per heavy atom. The van der Waals surface area contributed by atoms with Gasteiger partial charge in [0.15, 0.2) is 0 Å². The maximum absolute atomic E-state index is 12.0. The number of hydrogen-bond donors (Lipinski definition) is 2. The highest BCUT2D eigenvalue weighted by atomic mass is 32.1. The van der Waals surface area contributed by atoms with Crippen LogP contribution in [0.5, 0.6) is 0 Å². The summed E-state index contributed by atoms with van der Waals surface area (Å²) in [6.07, 6.45) is 7.27. The van der Waals surface area contributed by atoms with E-state index in [0.717, 1.165) is 24.0 Å². The zero-order valence-corrected chi connectivity index (χ0v) is 11.8. The zero-order valence-electron chi connectivity index (χ0n) is 10.2. The maximum atomic E-state index is 12.0. The van der Waals surface area contributed by atoms with Crippen LogP contribution in [0.15, 0.2) is 35.2 Å². The van der Waals surface area contributed by atoms with Gasteiger partial charge in [0, 0.05) is 24.7 Å². The fourth-order valence-electron chi connectivity index (χ4n) is 2.56. The third-order valence-corrected chi connectivity index (χ3v) is 4.27. The van der Waals surface area contributed by atoms with E-state index in [1.165, 1.54) is 0 Å². The van der Waals surface area contributed by atoms with Gasteiger partial charge in [-0.15, -0.1) is 0 Å². The van der Waals surface area contributed by atoms with Gasteiger partial charge in [-0.25, -0.2) is 0 Å². The number of amides is 1. The summed E-state index contributed by atoms with van der Waals surface area (Å²) in [4.78, 5) is 15.3. The number of nitrogens with one attached hydrogen (secondary N) is 1. The second-order valence-corrected chi connectivity index (χ2v) is 5.75. The van der Waals surface area contributed by atoms with Crippen molar-refractivity contribution >= 4 is 40.2 Å². The minimum Gasteiger partial charge on any atom is -0.397 e. The molecule has 2 aliphatic heterocycles. The number of thiocarbonyl (C=S) groups is 2. The highest BCUT2D eigenvalue weighted by molar-refractivity contribution is 7.81. The summed E-state index contributed by atoms with van der Waals surface area (Å²) in [6.45, 7) is 0.635. The number of nitrogens with zero attached hydrogens (tertiary/aromatic N) is 1. The normalized spacial score (nSPS) is 26.5. The largest absolute Gasteiger partial charge is 0.397 e. The molecule has 1 saturated heterocycles. The van der Waals surface area contributed by atoms with Crippen LogP contribution in [-0.4, -0.2) is 33.2 Å². The molecule has 0 spiro atoms. The Hall–Kier alpha value is -1.53. The summed E-state index contributed by atoms with van der Waals surface area (Å²) >= 11 is 10.2. The molecule has 0 radical (unpaired) electrons. The van der Waals surface area contributed by atoms with Gasteiger partial charge in [0.25, 0.3) is 0 Å². The van der Waals surface area contributed by atoms with Crippen molar-refractivity contribution in [3.8, 4) is 0 Å². The minimum atomic E-state index is -0.174. The molecule has 1 atom stereocenters. The lowest BCUT2D eigenvalue weighted by molar-refractivity contribution is -0.124. The lowest BCUT2D eigenvalue weighted by atomic mass is 10.00. The van der Waals surface area contributed by atoms with Crippen LogP contribution in [0.4, 0.5) is 0 Å². The molecule has 6 heteroatoms. The number of allylic oxidation sites excluding steroid dienone is 2. The average molecular weight is 291 g/mol. The Morgan fingerprint density at radius 3 is 2.89 bits per heavy atom. The molecule has 3 rings (SSSR count). The predicted octanol–water partition coefficient (Wildman–Crippen LogP) is 0.944. The summed E-state index contributed by atoms with van der Waals surface area (Å²) in [5, 5.41) is 2.74. The first kappa shape index (κ1) is 12.5. The number of piperidine rings is 1. The molecule has 1 unspecified atom stereocenters. The molecule has 3 N–H and O–H groups in total. The van der Waals surface area contributed by atoms with Gasteiger partial charge < -0.3 is 16.0 Å². The Labute approximate surface area is 122 Å². The summed E-state index contributed by atoms with van der Waals surface area (Å²) < 4.78 is 0. The summed E-state index contributed by atoms with van der Waals surface area (Å²) in [7, 11) is 0. The van der Waals surface area contributed by atoms with Crippen LogP contribution in [0.2, 0.25) is 0 Å². The highest BCUT2D eigenvalue weighted by Gasteiger charge is 2.33. The molecule has 0 aromatic rings. The first-order valence-electron chi connectivity index (χ1n) is 6.09. The molecule has 0 saturated carbocycles. The SMILES string of the molecule is NC1=C2CN(C3CCC(=S)NC3=O)C=C2C=CC1=S. The Bertz CT molecular complexity index is 589. The minimum absolute atomic E-state index is 0.0301. The molecule has 1 amide bonds. The first-order chi connectivity index (χ1) is 9.06. The molecular weight excluding hydrogens is 278 g/mol. The van der Waals surface area contributed by atoms with Crippen molar-refractivity contribution in [2.45, 2.75) is 18.9 Å². The first-order valence-corrected chi connectivity index (χ1v) is 6.90. The van der Waals surface area contributed by atoms with Gasteiger partial charge in [0.05, 0.1) is 15.6 Å². The molecule has 19 heavy (non-hydrogen) atoms. The van der Waals surface area contributed by atoms with Gasteiger partial charge in [0.1, 0.15) is 6.04 Å². The van der Waals surface area contributed by atoms with E-state index < -0.39 is 0 Å². The van der Waals surface area contributed by atoms with E-state index in [1.54, 1.807) is 0 Å². The van der Waals surface area contributed by atoms with Gasteiger partial charge >= 0.3 is 0 Å². The quantitative estimate of drug-likeness (QED) is 0.704. The number of hydrogen-bond acceptors (Lipinski definition) is 5. The van der Waals surface area contributed by atoms with Crippen LogP contribution >= 0.6 is 24.4 Å². The number of fused-ring (bicyclic) bond motifs is 1. The Kier molecular flexibility index (Phi) is 2.99. The maximum Gasteiger partial charge on any atom is 0.247 e. The van der Waals surface area contributed by atoms with Gasteiger partial charge in [-0.2, -0.15) is 0 Å². The third kappa shape index (κ3) is 2.11. The third-order valence-electron chi connectivity index (χ3n) is 3.61. The number of rotatable bonds is 1. The van der Waals surface area contributed by atoms with E-state index in [2.05, 4.69) is 5.32 Å². The molecule has 4 nitrogen and oxygen atoms in total. The average Bonchev–Trinajstić information content (AvgIpc) is 2.78. The summed E-state index contributed by atoms with van der Waals surface area (Å²) in [5.74, 6) is -0.0301. The number of carbonyl (C=O) groups is 1. The second-order valence-electron chi connectivity index (χ2n) is 4.81. The smallest absolute Gasteiger partial charge is 0.247 e. The second kappa shape index (κ2) is 4.54. The zero-order chi connectivity index (χ0) is 13.6. The molecular formula is C13H13N3OS2. The van der Waals surface area contributed by atoms with Gasteiger partial charge in [-0.05, 0) is 18.1 Å². The standard InChI is InChI=1S/C13H13N3OS2/c14-12-8-6-16(5-7(8)1-3-10(12)18)9-2-4-11(19)15-13(9)17/h1,3,5,9H,2,4,6,14H2,(H,15,17,19). The van der Waals surface area contributed by atoms with Crippen molar-refractivity contribution in [3.63, 3.8) is 0 Å². The van der Waals surface area contributed by atoms with E-state index >= 15 is 0 Å². The Morgan fingerprint density at radius 2 is 2.16 bits per heavy atom. The van der Waals surface area contributed by atoms with Crippen LogP contribution in [0.3, 0.4) is 0 Å². The van der Waals surface area contributed by atoms with Gasteiger partial charge in [-0.1, -0.05) is 30.5 Å². The van der Waals surface area contributed by atoms with Crippen molar-refractivity contribution in [1.82, 2.24) is 10.2 Å². The van der Waals surface area contributed by atoms with E-state index in [9.17, 15) is 4.79 Å². The van der Waals surface area contributed by atoms with Crippen molar-refractivity contribution in [3.05, 3.63) is 35.2 Å². The van der Waals surface area contributed by atoms with Crippen molar-refractivity contribution < 1.29 is 4.79 Å². The molecule has 2 heterocycles. The van der Waals surface area contributed by atoms with Crippen molar-refractivity contribution in [1.29, 1.82) is 0 Å². The fourth-order valence-corrected chi connectivity index (χ4v) is 2.97. The van der Waals surface area contributed by atoms with Crippen LogP contribution in [0.1, 0.15) is 12.8 Å². The monoisotopic (exact) mass is 291 g/mol. The number of nitrogens with two attached hydrogens (primary N) is 1. The van der Waals surface area contributed by atoms with E-state index in [0.29, 0.717) is 22.1 Å². The highest BCUT2D eigenvalue weighted by Crippen LogP contribution is 2.30. The lowest BCUT2D eigenvalue weighted by Crippen LogP contribution is -2.50. The van der Waals surface area contributed by atoms with Crippen molar-refractivity contribution in [2.24, 2.45) is 5.73 Å².